The number of aliphatic hydroxyl groups excluding tert-OH is 2. The van der Waals surface area contributed by atoms with E-state index in [4.69, 9.17) is 0 Å². The Morgan fingerprint density at radius 1 is 1.03 bits per heavy atom. The maximum absolute atomic E-state index is 12.7. The van der Waals surface area contributed by atoms with Crippen molar-refractivity contribution in [1.82, 2.24) is 10.6 Å². The van der Waals surface area contributed by atoms with Crippen molar-refractivity contribution in [1.29, 1.82) is 0 Å². The Hall–Kier alpha value is -2.93. The van der Waals surface area contributed by atoms with Gasteiger partial charge in [0.2, 0.25) is 5.91 Å². The quantitative estimate of drug-likeness (QED) is 0.324. The molecule has 0 unspecified atom stereocenters. The molecule has 7 heteroatoms. The highest BCUT2D eigenvalue weighted by atomic mass is 16.3. The SMILES string of the molecule is C[C@H]1C=C[C@@H]2[C@H]3C/C=C\C=C\C(=O)NCC[C@H](O)[C@@H]4NC(=O)C(=C4O)C(=O)CCC=C[C@@H]3C[C@@H]21. The molecule has 4 aliphatic rings. The van der Waals surface area contributed by atoms with Gasteiger partial charge in [-0.2, -0.15) is 0 Å². The number of hydrogen-bond acceptors (Lipinski definition) is 5. The van der Waals surface area contributed by atoms with E-state index in [9.17, 15) is 24.6 Å². The van der Waals surface area contributed by atoms with Crippen molar-refractivity contribution in [3.05, 3.63) is 59.9 Å². The van der Waals surface area contributed by atoms with Crippen molar-refractivity contribution >= 4 is 17.6 Å². The number of aliphatic hydroxyl groups is 2. The van der Waals surface area contributed by atoms with Crippen molar-refractivity contribution < 1.29 is 24.6 Å². The Balaban J connectivity index is 1.52. The molecule has 2 heterocycles. The summed E-state index contributed by atoms with van der Waals surface area (Å²) in [5.41, 5.74) is -0.267. The maximum Gasteiger partial charge on any atom is 0.259 e. The Kier molecular flexibility index (Phi) is 7.51. The van der Waals surface area contributed by atoms with Gasteiger partial charge < -0.3 is 20.8 Å². The molecule has 0 aromatic heterocycles. The van der Waals surface area contributed by atoms with Crippen LogP contribution >= 0.6 is 0 Å². The third kappa shape index (κ3) is 5.09. The molecular weight excluding hydrogens is 432 g/mol. The lowest BCUT2D eigenvalue weighted by atomic mass is 9.85. The largest absolute Gasteiger partial charge is 0.509 e. The number of hydrogen-bond donors (Lipinski definition) is 4. The van der Waals surface area contributed by atoms with Gasteiger partial charge in [0.15, 0.2) is 5.78 Å². The summed E-state index contributed by atoms with van der Waals surface area (Å²) >= 11 is 0. The number of rotatable bonds is 0. The average molecular weight is 467 g/mol. The average Bonchev–Trinajstić information content (AvgIpc) is 3.43. The standard InChI is InChI=1S/C27H34N2O5/c1-16-11-12-19-18-8-3-2-4-10-23(32)28-14-13-22(31)25-26(33)24(27(34)29-25)21(30)9-6-5-7-17(18)15-20(16)19/h2-5,7,10-12,16-20,22,25,31,33H,6,8-9,13-15H2,1H3,(H,28,32)(H,29,34)/b3-2-,7-5?,10-4+/t16-,17+,18-,19+,20+,22-,25-/m0/s1. The number of carbonyl (C=O) groups excluding carboxylic acids is 3. The number of Topliss-reactive ketones (excluding diaryl/α,β-unsaturated/α-hetero) is 1. The predicted octanol–water partition coefficient (Wildman–Crippen LogP) is 2.66. The van der Waals surface area contributed by atoms with Crippen LogP contribution in [0.2, 0.25) is 0 Å². The monoisotopic (exact) mass is 466 g/mol. The van der Waals surface area contributed by atoms with Crippen LogP contribution in [0.5, 0.6) is 0 Å². The molecule has 7 nitrogen and oxygen atoms in total. The molecule has 4 rings (SSSR count). The van der Waals surface area contributed by atoms with Gasteiger partial charge >= 0.3 is 0 Å². The molecule has 2 aliphatic carbocycles. The van der Waals surface area contributed by atoms with Gasteiger partial charge in [0.1, 0.15) is 17.4 Å². The van der Waals surface area contributed by atoms with Gasteiger partial charge in [-0.15, -0.1) is 0 Å². The molecule has 2 amide bonds. The minimum atomic E-state index is -1.13. The normalized spacial score (nSPS) is 38.8. The van der Waals surface area contributed by atoms with Crippen LogP contribution in [0.15, 0.2) is 59.9 Å². The third-order valence-electron chi connectivity index (χ3n) is 7.69. The number of carbonyl (C=O) groups is 3. The first-order valence-electron chi connectivity index (χ1n) is 12.3. The summed E-state index contributed by atoms with van der Waals surface area (Å²) in [6.07, 6.45) is 17.7. The van der Waals surface area contributed by atoms with E-state index in [2.05, 4.69) is 41.9 Å². The van der Waals surface area contributed by atoms with E-state index in [0.29, 0.717) is 36.0 Å². The van der Waals surface area contributed by atoms with Crippen LogP contribution in [0.3, 0.4) is 0 Å². The van der Waals surface area contributed by atoms with E-state index in [1.807, 2.05) is 12.2 Å². The summed E-state index contributed by atoms with van der Waals surface area (Å²) in [5, 5.41) is 26.0. The van der Waals surface area contributed by atoms with Gasteiger partial charge in [0.25, 0.3) is 5.91 Å². The van der Waals surface area contributed by atoms with Crippen molar-refractivity contribution in [2.24, 2.45) is 29.6 Å². The molecule has 1 saturated carbocycles. The maximum atomic E-state index is 12.7. The highest BCUT2D eigenvalue weighted by molar-refractivity contribution is 6.21. The molecule has 7 atom stereocenters. The van der Waals surface area contributed by atoms with Crippen LogP contribution in [0, 0.1) is 29.6 Å². The van der Waals surface area contributed by atoms with Gasteiger partial charge in [-0.05, 0) is 55.3 Å². The van der Waals surface area contributed by atoms with Gasteiger partial charge in [0, 0.05) is 19.0 Å². The Bertz CT molecular complexity index is 976. The van der Waals surface area contributed by atoms with Crippen LogP contribution in [0.25, 0.3) is 0 Å². The summed E-state index contributed by atoms with van der Waals surface area (Å²) in [6.45, 7) is 2.43. The first-order chi connectivity index (χ1) is 16.4. The fraction of sp³-hybridized carbons (Fsp3) is 0.519. The van der Waals surface area contributed by atoms with E-state index >= 15 is 0 Å². The molecule has 2 aliphatic heterocycles. The van der Waals surface area contributed by atoms with Gasteiger partial charge in [-0.3, -0.25) is 14.4 Å². The molecule has 0 saturated heterocycles. The first-order valence-corrected chi connectivity index (χ1v) is 12.3. The van der Waals surface area contributed by atoms with Crippen LogP contribution in [0.1, 0.15) is 39.0 Å². The Morgan fingerprint density at radius 2 is 1.85 bits per heavy atom. The second-order valence-corrected chi connectivity index (χ2v) is 9.82. The summed E-state index contributed by atoms with van der Waals surface area (Å²) in [7, 11) is 0. The number of nitrogens with one attached hydrogen (secondary N) is 2. The highest BCUT2D eigenvalue weighted by Gasteiger charge is 2.44. The second kappa shape index (κ2) is 10.6. The predicted molar refractivity (Wildman–Crippen MR) is 128 cm³/mol. The molecule has 4 N–H and O–H groups in total. The van der Waals surface area contributed by atoms with Crippen molar-refractivity contribution in [2.75, 3.05) is 6.54 Å². The molecule has 0 spiro atoms. The van der Waals surface area contributed by atoms with E-state index in [-0.39, 0.29) is 30.9 Å². The second-order valence-electron chi connectivity index (χ2n) is 9.82. The van der Waals surface area contributed by atoms with E-state index in [0.717, 1.165) is 12.8 Å². The van der Waals surface area contributed by atoms with Crippen molar-refractivity contribution in [2.45, 2.75) is 51.2 Å². The highest BCUT2D eigenvalue weighted by Crippen LogP contribution is 2.51. The van der Waals surface area contributed by atoms with E-state index in [1.54, 1.807) is 6.08 Å². The summed E-state index contributed by atoms with van der Waals surface area (Å²) < 4.78 is 0. The van der Waals surface area contributed by atoms with Crippen LogP contribution < -0.4 is 10.6 Å². The number of amides is 2. The molecular formula is C27H34N2O5. The molecule has 182 valence electrons. The number of ketones is 1. The third-order valence-corrected chi connectivity index (χ3v) is 7.69. The number of fused-ring (bicyclic) bond motifs is 4. The van der Waals surface area contributed by atoms with Gasteiger partial charge in [-0.1, -0.05) is 49.5 Å². The number of allylic oxidation sites excluding steroid dienone is 7. The van der Waals surface area contributed by atoms with Crippen molar-refractivity contribution in [3.8, 4) is 0 Å². The fourth-order valence-corrected chi connectivity index (χ4v) is 5.84. The van der Waals surface area contributed by atoms with Crippen LogP contribution in [0.4, 0.5) is 0 Å². The molecule has 2 bridgehead atoms. The first kappa shape index (κ1) is 24.2. The lowest BCUT2D eigenvalue weighted by molar-refractivity contribution is -0.122. The zero-order valence-electron chi connectivity index (χ0n) is 19.5. The molecule has 0 aromatic rings. The van der Waals surface area contributed by atoms with E-state index in [1.165, 1.54) is 6.08 Å². The Morgan fingerprint density at radius 3 is 2.68 bits per heavy atom. The van der Waals surface area contributed by atoms with Gasteiger partial charge in [-0.25, -0.2) is 0 Å². The molecule has 0 radical (unpaired) electrons. The minimum Gasteiger partial charge on any atom is -0.509 e. The summed E-state index contributed by atoms with van der Waals surface area (Å²) in [4.78, 5) is 37.0. The van der Waals surface area contributed by atoms with Crippen LogP contribution in [-0.2, 0) is 14.4 Å². The van der Waals surface area contributed by atoms with Gasteiger partial charge in [0.05, 0.1) is 6.10 Å². The molecule has 1 fully saturated rings. The fourth-order valence-electron chi connectivity index (χ4n) is 5.84. The minimum absolute atomic E-state index is 0.117. The van der Waals surface area contributed by atoms with Crippen molar-refractivity contribution in [3.63, 3.8) is 0 Å². The summed E-state index contributed by atoms with van der Waals surface area (Å²) in [5.74, 6) is 0.810. The zero-order valence-corrected chi connectivity index (χ0v) is 19.5. The Labute approximate surface area is 200 Å². The lowest BCUT2D eigenvalue weighted by Gasteiger charge is -2.20. The zero-order chi connectivity index (χ0) is 24.2. The molecule has 0 aromatic carbocycles. The lowest BCUT2D eigenvalue weighted by Crippen LogP contribution is -2.41. The van der Waals surface area contributed by atoms with E-state index < -0.39 is 29.6 Å². The smallest absolute Gasteiger partial charge is 0.259 e. The topological polar surface area (TPSA) is 116 Å². The van der Waals surface area contributed by atoms with Crippen LogP contribution in [-0.4, -0.2) is 46.5 Å². The summed E-state index contributed by atoms with van der Waals surface area (Å²) in [6, 6.07) is -1.04. The molecule has 34 heavy (non-hydrogen) atoms.